The van der Waals surface area contributed by atoms with Gasteiger partial charge in [-0.1, -0.05) is 38.1 Å². The molecule has 1 unspecified atom stereocenters. The van der Waals surface area contributed by atoms with Crippen LogP contribution in [-0.4, -0.2) is 37.7 Å². The largest absolute Gasteiger partial charge is 0.381 e. The van der Waals surface area contributed by atoms with Crippen LogP contribution in [-0.2, 0) is 17.8 Å². The first-order valence-electron chi connectivity index (χ1n) is 8.21. The maximum absolute atomic E-state index is 5.56. The first-order chi connectivity index (χ1) is 10.1. The van der Waals surface area contributed by atoms with E-state index >= 15 is 0 Å². The average molecular weight is 290 g/mol. The summed E-state index contributed by atoms with van der Waals surface area (Å²) in [6.07, 6.45) is 2.53. The number of benzene rings is 1. The maximum atomic E-state index is 5.56. The van der Waals surface area contributed by atoms with E-state index in [-0.39, 0.29) is 0 Å². The Morgan fingerprint density at radius 2 is 1.95 bits per heavy atom. The summed E-state index contributed by atoms with van der Waals surface area (Å²) < 4.78 is 5.56. The molecular formula is C18H30N2O. The number of hydrogen-bond donors (Lipinski definition) is 1. The normalized spacial score (nSPS) is 19.4. The quantitative estimate of drug-likeness (QED) is 0.835. The van der Waals surface area contributed by atoms with Crippen LogP contribution in [0.3, 0.4) is 0 Å². The van der Waals surface area contributed by atoms with E-state index in [9.17, 15) is 0 Å². The summed E-state index contributed by atoms with van der Waals surface area (Å²) in [4.78, 5) is 2.42. The molecule has 1 aromatic rings. The molecule has 118 valence electrons. The summed E-state index contributed by atoms with van der Waals surface area (Å²) in [5, 5.41) is 3.45. The Balaban J connectivity index is 1.76. The third-order valence-electron chi connectivity index (χ3n) is 4.01. The van der Waals surface area contributed by atoms with E-state index in [4.69, 9.17) is 4.74 Å². The van der Waals surface area contributed by atoms with Crippen molar-refractivity contribution in [2.75, 3.05) is 26.8 Å². The zero-order valence-electron chi connectivity index (χ0n) is 13.8. The second-order valence-electron chi connectivity index (χ2n) is 6.63. The van der Waals surface area contributed by atoms with E-state index in [1.54, 1.807) is 0 Å². The molecule has 3 nitrogen and oxygen atoms in total. The highest BCUT2D eigenvalue weighted by Gasteiger charge is 2.15. The van der Waals surface area contributed by atoms with Crippen LogP contribution in [0.25, 0.3) is 0 Å². The van der Waals surface area contributed by atoms with E-state index in [1.165, 1.54) is 24.0 Å². The predicted molar refractivity (Wildman–Crippen MR) is 88.3 cm³/mol. The minimum absolute atomic E-state index is 0.536. The minimum atomic E-state index is 0.536. The maximum Gasteiger partial charge on any atom is 0.0506 e. The zero-order chi connectivity index (χ0) is 15.1. The third kappa shape index (κ3) is 6.16. The Hall–Kier alpha value is -0.900. The number of nitrogens with zero attached hydrogens (tertiary/aromatic N) is 1. The zero-order valence-corrected chi connectivity index (χ0v) is 13.8. The molecule has 1 atom stereocenters. The van der Waals surface area contributed by atoms with Crippen LogP contribution < -0.4 is 5.32 Å². The Bertz CT molecular complexity index is 396. The van der Waals surface area contributed by atoms with Gasteiger partial charge in [-0.25, -0.2) is 0 Å². The molecule has 1 fully saturated rings. The van der Waals surface area contributed by atoms with E-state index in [0.717, 1.165) is 32.8 Å². The molecule has 1 aliphatic heterocycles. The molecule has 21 heavy (non-hydrogen) atoms. The van der Waals surface area contributed by atoms with Crippen LogP contribution in [0.4, 0.5) is 0 Å². The number of hydrogen-bond acceptors (Lipinski definition) is 3. The minimum Gasteiger partial charge on any atom is -0.381 e. The van der Waals surface area contributed by atoms with Crippen molar-refractivity contribution in [3.05, 3.63) is 35.4 Å². The van der Waals surface area contributed by atoms with Gasteiger partial charge in [-0.15, -0.1) is 0 Å². The molecule has 0 radical (unpaired) electrons. The fourth-order valence-corrected chi connectivity index (χ4v) is 2.85. The van der Waals surface area contributed by atoms with E-state index in [0.29, 0.717) is 12.0 Å². The molecule has 0 spiro atoms. The molecule has 1 aromatic carbocycles. The average Bonchev–Trinajstić information content (AvgIpc) is 2.47. The van der Waals surface area contributed by atoms with Crippen molar-refractivity contribution in [3.8, 4) is 0 Å². The third-order valence-corrected chi connectivity index (χ3v) is 4.01. The van der Waals surface area contributed by atoms with E-state index < -0.39 is 0 Å². The van der Waals surface area contributed by atoms with Crippen molar-refractivity contribution >= 4 is 0 Å². The molecule has 1 aliphatic rings. The fraction of sp³-hybridized carbons (Fsp3) is 0.667. The van der Waals surface area contributed by atoms with Gasteiger partial charge in [-0.2, -0.15) is 0 Å². The van der Waals surface area contributed by atoms with Crippen LogP contribution in [0, 0.1) is 5.92 Å². The second-order valence-corrected chi connectivity index (χ2v) is 6.63. The van der Waals surface area contributed by atoms with Gasteiger partial charge in [0.15, 0.2) is 0 Å². The molecule has 1 N–H and O–H groups in total. The summed E-state index contributed by atoms with van der Waals surface area (Å²) in [6.45, 7) is 9.35. The number of rotatable bonds is 7. The molecule has 1 saturated heterocycles. The van der Waals surface area contributed by atoms with Crippen LogP contribution >= 0.6 is 0 Å². The van der Waals surface area contributed by atoms with Crippen LogP contribution in [0.1, 0.15) is 37.8 Å². The Kier molecular flexibility index (Phi) is 6.68. The molecular weight excluding hydrogens is 260 g/mol. The van der Waals surface area contributed by atoms with Crippen molar-refractivity contribution in [1.29, 1.82) is 0 Å². The number of nitrogens with one attached hydrogen (secondary N) is 1. The van der Waals surface area contributed by atoms with Gasteiger partial charge in [0.05, 0.1) is 6.61 Å². The first-order valence-corrected chi connectivity index (χ1v) is 8.21. The molecule has 0 saturated carbocycles. The van der Waals surface area contributed by atoms with Gasteiger partial charge in [0, 0.05) is 32.3 Å². The molecule has 1 heterocycles. The van der Waals surface area contributed by atoms with Crippen LogP contribution in [0.5, 0.6) is 0 Å². The van der Waals surface area contributed by atoms with Gasteiger partial charge in [0.1, 0.15) is 0 Å². The monoisotopic (exact) mass is 290 g/mol. The molecule has 0 amide bonds. The standard InChI is InChI=1S/C18H30N2O/c1-15(2)19-11-16-6-8-17(9-7-16)12-20(3)13-18-5-4-10-21-14-18/h6-9,15,18-19H,4-5,10-14H2,1-3H3. The molecule has 3 heteroatoms. The highest BCUT2D eigenvalue weighted by atomic mass is 16.5. The summed E-state index contributed by atoms with van der Waals surface area (Å²) in [5.41, 5.74) is 2.75. The van der Waals surface area contributed by atoms with Gasteiger partial charge in [-0.3, -0.25) is 0 Å². The topological polar surface area (TPSA) is 24.5 Å². The van der Waals surface area contributed by atoms with Crippen molar-refractivity contribution in [3.63, 3.8) is 0 Å². The van der Waals surface area contributed by atoms with Crippen LogP contribution in [0.2, 0.25) is 0 Å². The summed E-state index contributed by atoms with van der Waals surface area (Å²) >= 11 is 0. The van der Waals surface area contributed by atoms with Crippen molar-refractivity contribution in [1.82, 2.24) is 10.2 Å². The second kappa shape index (κ2) is 8.52. The molecule has 0 aromatic heterocycles. The fourth-order valence-electron chi connectivity index (χ4n) is 2.85. The lowest BCUT2D eigenvalue weighted by Gasteiger charge is -2.27. The summed E-state index contributed by atoms with van der Waals surface area (Å²) in [7, 11) is 2.21. The lowest BCUT2D eigenvalue weighted by atomic mass is 10.0. The first kappa shape index (κ1) is 16.5. The SMILES string of the molecule is CC(C)NCc1ccc(CN(C)CC2CCCOC2)cc1. The molecule has 2 rings (SSSR count). The summed E-state index contributed by atoms with van der Waals surface area (Å²) in [6, 6.07) is 9.52. The lowest BCUT2D eigenvalue weighted by molar-refractivity contribution is 0.0411. The lowest BCUT2D eigenvalue weighted by Crippen LogP contribution is -2.30. The summed E-state index contributed by atoms with van der Waals surface area (Å²) in [5.74, 6) is 0.707. The van der Waals surface area contributed by atoms with Crippen molar-refractivity contribution in [2.45, 2.75) is 45.8 Å². The Labute approximate surface area is 129 Å². The van der Waals surface area contributed by atoms with Crippen molar-refractivity contribution < 1.29 is 4.74 Å². The van der Waals surface area contributed by atoms with Gasteiger partial charge in [0.2, 0.25) is 0 Å². The smallest absolute Gasteiger partial charge is 0.0506 e. The molecule has 0 aliphatic carbocycles. The van der Waals surface area contributed by atoms with Crippen LogP contribution in [0.15, 0.2) is 24.3 Å². The van der Waals surface area contributed by atoms with Gasteiger partial charge in [-0.05, 0) is 36.9 Å². The molecule has 0 bridgehead atoms. The van der Waals surface area contributed by atoms with E-state index in [2.05, 4.69) is 55.4 Å². The Morgan fingerprint density at radius 3 is 2.57 bits per heavy atom. The van der Waals surface area contributed by atoms with Gasteiger partial charge >= 0.3 is 0 Å². The highest BCUT2D eigenvalue weighted by molar-refractivity contribution is 5.22. The number of ether oxygens (including phenoxy) is 1. The highest BCUT2D eigenvalue weighted by Crippen LogP contribution is 2.15. The van der Waals surface area contributed by atoms with Gasteiger partial charge in [0.25, 0.3) is 0 Å². The van der Waals surface area contributed by atoms with Crippen molar-refractivity contribution in [2.24, 2.45) is 5.92 Å². The van der Waals surface area contributed by atoms with Gasteiger partial charge < -0.3 is 15.0 Å². The van der Waals surface area contributed by atoms with E-state index in [1.807, 2.05) is 0 Å². The predicted octanol–water partition coefficient (Wildman–Crippen LogP) is 3.04. The Morgan fingerprint density at radius 1 is 1.24 bits per heavy atom.